The number of esters is 1. The van der Waals surface area contributed by atoms with E-state index >= 15 is 0 Å². The first-order chi connectivity index (χ1) is 8.74. The van der Waals surface area contributed by atoms with Crippen LogP contribution in [0.1, 0.15) is 12.0 Å². The molecule has 0 aliphatic rings. The molecular formula is C15H13FO2. The van der Waals surface area contributed by atoms with E-state index in [1.807, 2.05) is 30.3 Å². The molecule has 18 heavy (non-hydrogen) atoms. The molecule has 0 amide bonds. The minimum atomic E-state index is -0.348. The van der Waals surface area contributed by atoms with Crippen molar-refractivity contribution in [3.63, 3.8) is 0 Å². The van der Waals surface area contributed by atoms with Gasteiger partial charge < -0.3 is 4.74 Å². The number of rotatable bonds is 4. The number of hydrogen-bond acceptors (Lipinski definition) is 2. The summed E-state index contributed by atoms with van der Waals surface area (Å²) in [6.45, 7) is 0. The van der Waals surface area contributed by atoms with Gasteiger partial charge in [0.05, 0.1) is 0 Å². The molecule has 0 spiro atoms. The van der Waals surface area contributed by atoms with Crippen molar-refractivity contribution in [1.29, 1.82) is 0 Å². The topological polar surface area (TPSA) is 26.3 Å². The second-order valence-electron chi connectivity index (χ2n) is 3.91. The lowest BCUT2D eigenvalue weighted by molar-refractivity contribution is -0.134. The zero-order valence-corrected chi connectivity index (χ0v) is 9.80. The van der Waals surface area contributed by atoms with Crippen molar-refractivity contribution in [1.82, 2.24) is 0 Å². The van der Waals surface area contributed by atoms with Gasteiger partial charge in [-0.2, -0.15) is 0 Å². The normalized spacial score (nSPS) is 10.1. The molecule has 0 unspecified atom stereocenters. The Morgan fingerprint density at radius 2 is 1.67 bits per heavy atom. The third-order valence-electron chi connectivity index (χ3n) is 2.51. The van der Waals surface area contributed by atoms with Crippen LogP contribution in [0.3, 0.4) is 0 Å². The van der Waals surface area contributed by atoms with Crippen molar-refractivity contribution >= 4 is 5.97 Å². The second-order valence-corrected chi connectivity index (χ2v) is 3.91. The summed E-state index contributed by atoms with van der Waals surface area (Å²) in [5, 5.41) is 0. The highest BCUT2D eigenvalue weighted by Gasteiger charge is 2.05. The Labute approximate surface area is 105 Å². The van der Waals surface area contributed by atoms with E-state index in [-0.39, 0.29) is 11.8 Å². The molecule has 0 fully saturated rings. The van der Waals surface area contributed by atoms with Crippen LogP contribution in [0, 0.1) is 5.82 Å². The molecule has 2 aromatic carbocycles. The first-order valence-corrected chi connectivity index (χ1v) is 5.74. The maximum Gasteiger partial charge on any atom is 0.311 e. The highest BCUT2D eigenvalue weighted by atomic mass is 19.1. The van der Waals surface area contributed by atoms with Crippen LogP contribution in [-0.4, -0.2) is 5.97 Å². The molecule has 0 heterocycles. The van der Waals surface area contributed by atoms with E-state index in [0.717, 1.165) is 5.56 Å². The van der Waals surface area contributed by atoms with E-state index in [1.165, 1.54) is 24.3 Å². The zero-order chi connectivity index (χ0) is 12.8. The molecule has 0 aliphatic heterocycles. The molecule has 0 N–H and O–H groups in total. The Kier molecular flexibility index (Phi) is 4.07. The number of halogens is 1. The predicted molar refractivity (Wildman–Crippen MR) is 66.8 cm³/mol. The van der Waals surface area contributed by atoms with Crippen LogP contribution in [0.25, 0.3) is 0 Å². The number of carbonyl (C=O) groups is 1. The smallest absolute Gasteiger partial charge is 0.311 e. The summed E-state index contributed by atoms with van der Waals surface area (Å²) in [4.78, 5) is 11.6. The molecule has 0 aliphatic carbocycles. The molecule has 2 nitrogen and oxygen atoms in total. The van der Waals surface area contributed by atoms with Crippen LogP contribution < -0.4 is 4.74 Å². The van der Waals surface area contributed by atoms with Crippen molar-refractivity contribution < 1.29 is 13.9 Å². The second kappa shape index (κ2) is 5.96. The summed E-state index contributed by atoms with van der Waals surface area (Å²) < 4.78 is 17.7. The quantitative estimate of drug-likeness (QED) is 0.609. The first-order valence-electron chi connectivity index (χ1n) is 5.74. The molecule has 0 saturated heterocycles. The van der Waals surface area contributed by atoms with Crippen LogP contribution in [0.5, 0.6) is 5.75 Å². The van der Waals surface area contributed by atoms with E-state index < -0.39 is 0 Å². The van der Waals surface area contributed by atoms with Crippen molar-refractivity contribution in [2.24, 2.45) is 0 Å². The summed E-state index contributed by atoms with van der Waals surface area (Å²) in [5.41, 5.74) is 1.09. The van der Waals surface area contributed by atoms with Crippen LogP contribution in [0.2, 0.25) is 0 Å². The minimum absolute atomic E-state index is 0.307. The van der Waals surface area contributed by atoms with Gasteiger partial charge in [-0.05, 0) is 36.2 Å². The average molecular weight is 244 g/mol. The average Bonchev–Trinajstić information content (AvgIpc) is 2.40. The summed E-state index contributed by atoms with van der Waals surface area (Å²) in [6, 6.07) is 15.1. The van der Waals surface area contributed by atoms with Gasteiger partial charge in [-0.3, -0.25) is 4.79 Å². The Balaban J connectivity index is 1.84. The van der Waals surface area contributed by atoms with Gasteiger partial charge in [-0.1, -0.05) is 30.3 Å². The lowest BCUT2D eigenvalue weighted by Gasteiger charge is -2.04. The summed E-state index contributed by atoms with van der Waals surface area (Å²) in [7, 11) is 0. The van der Waals surface area contributed by atoms with Gasteiger partial charge in [-0.15, -0.1) is 0 Å². The number of benzene rings is 2. The van der Waals surface area contributed by atoms with E-state index in [4.69, 9.17) is 4.74 Å². The van der Waals surface area contributed by atoms with Crippen molar-refractivity contribution in [3.05, 3.63) is 66.0 Å². The fourth-order valence-corrected chi connectivity index (χ4v) is 1.58. The number of aryl methyl sites for hydroxylation is 1. The van der Waals surface area contributed by atoms with Crippen LogP contribution in [0.15, 0.2) is 54.6 Å². The molecule has 92 valence electrons. The maximum atomic E-state index is 12.7. The molecule has 0 radical (unpaired) electrons. The predicted octanol–water partition coefficient (Wildman–Crippen LogP) is 3.36. The Hall–Kier alpha value is -2.16. The van der Waals surface area contributed by atoms with Crippen LogP contribution >= 0.6 is 0 Å². The first kappa shape index (κ1) is 12.3. The van der Waals surface area contributed by atoms with Gasteiger partial charge in [0.15, 0.2) is 0 Å². The zero-order valence-electron chi connectivity index (χ0n) is 9.80. The summed E-state index contributed by atoms with van der Waals surface area (Å²) in [5.74, 6) is -0.293. The number of carbonyl (C=O) groups excluding carboxylic acids is 1. The molecule has 0 bridgehead atoms. The number of ether oxygens (including phenoxy) is 1. The lowest BCUT2D eigenvalue weighted by Crippen LogP contribution is -2.08. The molecule has 0 saturated carbocycles. The molecule has 2 rings (SSSR count). The fourth-order valence-electron chi connectivity index (χ4n) is 1.58. The summed E-state index contributed by atoms with van der Waals surface area (Å²) >= 11 is 0. The summed E-state index contributed by atoms with van der Waals surface area (Å²) in [6.07, 6.45) is 0.947. The van der Waals surface area contributed by atoms with E-state index in [2.05, 4.69) is 0 Å². The van der Waals surface area contributed by atoms with Crippen molar-refractivity contribution in [2.75, 3.05) is 0 Å². The lowest BCUT2D eigenvalue weighted by atomic mass is 10.1. The Morgan fingerprint density at radius 1 is 1.00 bits per heavy atom. The minimum Gasteiger partial charge on any atom is -0.427 e. The maximum absolute atomic E-state index is 12.7. The van der Waals surface area contributed by atoms with Gasteiger partial charge in [0.2, 0.25) is 0 Å². The van der Waals surface area contributed by atoms with Gasteiger partial charge >= 0.3 is 5.97 Å². The molecule has 0 aromatic heterocycles. The van der Waals surface area contributed by atoms with E-state index in [1.54, 1.807) is 0 Å². The van der Waals surface area contributed by atoms with Crippen LogP contribution in [0.4, 0.5) is 4.39 Å². The Morgan fingerprint density at radius 3 is 2.33 bits per heavy atom. The van der Waals surface area contributed by atoms with Crippen LogP contribution in [-0.2, 0) is 11.2 Å². The standard InChI is InChI=1S/C15H13FO2/c16-13-7-9-14(10-8-13)18-15(17)11-6-12-4-2-1-3-5-12/h1-5,7-10H,6,11H2. The highest BCUT2D eigenvalue weighted by Crippen LogP contribution is 2.12. The fraction of sp³-hybridized carbons (Fsp3) is 0.133. The largest absolute Gasteiger partial charge is 0.427 e. The molecule has 0 atom stereocenters. The molecular weight excluding hydrogens is 231 g/mol. The number of hydrogen-bond donors (Lipinski definition) is 0. The van der Waals surface area contributed by atoms with Gasteiger partial charge in [0.25, 0.3) is 0 Å². The SMILES string of the molecule is O=C(CCc1ccccc1)Oc1ccc(F)cc1. The van der Waals surface area contributed by atoms with Crippen molar-refractivity contribution in [3.8, 4) is 5.75 Å². The van der Waals surface area contributed by atoms with E-state index in [9.17, 15) is 9.18 Å². The monoisotopic (exact) mass is 244 g/mol. The molecule has 3 heteroatoms. The van der Waals surface area contributed by atoms with Gasteiger partial charge in [0.1, 0.15) is 11.6 Å². The van der Waals surface area contributed by atoms with E-state index in [0.29, 0.717) is 18.6 Å². The van der Waals surface area contributed by atoms with Crippen molar-refractivity contribution in [2.45, 2.75) is 12.8 Å². The third kappa shape index (κ3) is 3.70. The third-order valence-corrected chi connectivity index (χ3v) is 2.51. The van der Waals surface area contributed by atoms with Gasteiger partial charge in [0, 0.05) is 6.42 Å². The van der Waals surface area contributed by atoms with Gasteiger partial charge in [-0.25, -0.2) is 4.39 Å². The molecule has 2 aromatic rings. The highest BCUT2D eigenvalue weighted by molar-refractivity contribution is 5.72. The Bertz CT molecular complexity index is 506.